The highest BCUT2D eigenvalue weighted by atomic mass is 35.5. The first kappa shape index (κ1) is 18.4. The summed E-state index contributed by atoms with van der Waals surface area (Å²) in [6.45, 7) is 3.13. The zero-order chi connectivity index (χ0) is 17.5. The van der Waals surface area contributed by atoms with E-state index in [0.717, 1.165) is 14.8 Å². The number of amides is 1. The van der Waals surface area contributed by atoms with Gasteiger partial charge >= 0.3 is 0 Å². The first-order chi connectivity index (χ1) is 11.6. The molecule has 0 radical (unpaired) electrons. The number of rotatable bonds is 7. The number of methoxy groups -OCH3 is 2. The molecule has 2 aromatic rings. The van der Waals surface area contributed by atoms with Crippen molar-refractivity contribution in [3.8, 4) is 11.5 Å². The lowest BCUT2D eigenvalue weighted by Crippen LogP contribution is -2.28. The molecule has 0 unspecified atom stereocenters. The molecule has 0 spiro atoms. The summed E-state index contributed by atoms with van der Waals surface area (Å²) in [5, 5.41) is 0. The summed E-state index contributed by atoms with van der Waals surface area (Å²) in [6, 6.07) is 9.27. The standard InChI is InChI=1S/C18H20ClNO3S/c1-4-20(12-15-8-9-17(19)24-15)18(21)10-6-13-5-7-14(22-2)11-16(13)23-3/h5-11H,4,12H2,1-3H3/b10-6+. The monoisotopic (exact) mass is 365 g/mol. The Morgan fingerprint density at radius 1 is 1.25 bits per heavy atom. The van der Waals surface area contributed by atoms with E-state index >= 15 is 0 Å². The van der Waals surface area contributed by atoms with E-state index < -0.39 is 0 Å². The molecule has 4 nitrogen and oxygen atoms in total. The van der Waals surface area contributed by atoms with Crippen LogP contribution in [-0.2, 0) is 11.3 Å². The van der Waals surface area contributed by atoms with Gasteiger partial charge in [0, 0.05) is 29.1 Å². The summed E-state index contributed by atoms with van der Waals surface area (Å²) < 4.78 is 11.2. The smallest absolute Gasteiger partial charge is 0.246 e. The summed E-state index contributed by atoms with van der Waals surface area (Å²) in [5.74, 6) is 1.31. The van der Waals surface area contributed by atoms with E-state index in [1.807, 2.05) is 31.2 Å². The van der Waals surface area contributed by atoms with Gasteiger partial charge in [0.05, 0.1) is 25.1 Å². The van der Waals surface area contributed by atoms with E-state index in [1.165, 1.54) is 11.3 Å². The van der Waals surface area contributed by atoms with Gasteiger partial charge in [-0.1, -0.05) is 11.6 Å². The van der Waals surface area contributed by atoms with Crippen LogP contribution in [0.1, 0.15) is 17.4 Å². The number of benzene rings is 1. The maximum Gasteiger partial charge on any atom is 0.246 e. The van der Waals surface area contributed by atoms with Gasteiger partial charge in [-0.2, -0.15) is 0 Å². The van der Waals surface area contributed by atoms with Crippen LogP contribution in [0.4, 0.5) is 0 Å². The first-order valence-corrected chi connectivity index (χ1v) is 8.70. The van der Waals surface area contributed by atoms with Crippen LogP contribution in [0, 0.1) is 0 Å². The molecule has 0 aliphatic heterocycles. The fourth-order valence-electron chi connectivity index (χ4n) is 2.19. The van der Waals surface area contributed by atoms with Crippen molar-refractivity contribution in [1.29, 1.82) is 0 Å². The van der Waals surface area contributed by atoms with E-state index in [4.69, 9.17) is 21.1 Å². The Labute approximate surface area is 151 Å². The highest BCUT2D eigenvalue weighted by Gasteiger charge is 2.11. The first-order valence-electron chi connectivity index (χ1n) is 7.50. The number of carbonyl (C=O) groups is 1. The quantitative estimate of drug-likeness (QED) is 0.679. The maximum absolute atomic E-state index is 12.4. The normalized spacial score (nSPS) is 10.8. The van der Waals surface area contributed by atoms with Crippen LogP contribution in [0.25, 0.3) is 6.08 Å². The van der Waals surface area contributed by atoms with Crippen LogP contribution in [0.2, 0.25) is 4.34 Å². The third-order valence-electron chi connectivity index (χ3n) is 3.52. The Balaban J connectivity index is 2.10. The third-order valence-corrected chi connectivity index (χ3v) is 4.73. The summed E-state index contributed by atoms with van der Waals surface area (Å²) >= 11 is 7.43. The van der Waals surface area contributed by atoms with Gasteiger partial charge in [-0.15, -0.1) is 11.3 Å². The number of likely N-dealkylation sites (N-methyl/N-ethyl adjacent to an activating group) is 1. The highest BCUT2D eigenvalue weighted by Crippen LogP contribution is 2.26. The largest absolute Gasteiger partial charge is 0.497 e. The molecule has 0 bridgehead atoms. The lowest BCUT2D eigenvalue weighted by atomic mass is 10.1. The van der Waals surface area contributed by atoms with Crippen molar-refractivity contribution in [1.82, 2.24) is 4.90 Å². The number of thiophene rings is 1. The van der Waals surface area contributed by atoms with Crippen molar-refractivity contribution < 1.29 is 14.3 Å². The number of carbonyl (C=O) groups excluding carboxylic acids is 1. The molecule has 0 aliphatic carbocycles. The van der Waals surface area contributed by atoms with Crippen molar-refractivity contribution in [2.45, 2.75) is 13.5 Å². The zero-order valence-electron chi connectivity index (χ0n) is 13.9. The second-order valence-electron chi connectivity index (χ2n) is 5.00. The number of nitrogens with zero attached hydrogens (tertiary/aromatic N) is 1. The highest BCUT2D eigenvalue weighted by molar-refractivity contribution is 7.16. The van der Waals surface area contributed by atoms with Gasteiger partial charge in [0.2, 0.25) is 5.91 Å². The topological polar surface area (TPSA) is 38.8 Å². The molecule has 1 aromatic carbocycles. The Bertz CT molecular complexity index is 727. The zero-order valence-corrected chi connectivity index (χ0v) is 15.5. The second-order valence-corrected chi connectivity index (χ2v) is 6.80. The molecule has 1 aromatic heterocycles. The van der Waals surface area contributed by atoms with E-state index in [-0.39, 0.29) is 5.91 Å². The average molecular weight is 366 g/mol. The van der Waals surface area contributed by atoms with E-state index in [9.17, 15) is 4.79 Å². The van der Waals surface area contributed by atoms with Crippen LogP contribution in [0.3, 0.4) is 0 Å². The summed E-state index contributed by atoms with van der Waals surface area (Å²) in [4.78, 5) is 15.2. The molecular weight excluding hydrogens is 346 g/mol. The maximum atomic E-state index is 12.4. The van der Waals surface area contributed by atoms with Gasteiger partial charge in [-0.05, 0) is 37.3 Å². The van der Waals surface area contributed by atoms with Gasteiger partial charge in [-0.25, -0.2) is 0 Å². The van der Waals surface area contributed by atoms with Crippen LogP contribution >= 0.6 is 22.9 Å². The molecule has 6 heteroatoms. The van der Waals surface area contributed by atoms with E-state index in [2.05, 4.69) is 0 Å². The Morgan fingerprint density at radius 3 is 2.62 bits per heavy atom. The molecule has 0 atom stereocenters. The van der Waals surface area contributed by atoms with Crippen LogP contribution < -0.4 is 9.47 Å². The minimum atomic E-state index is -0.0557. The molecule has 1 amide bonds. The third kappa shape index (κ3) is 4.76. The minimum Gasteiger partial charge on any atom is -0.497 e. The Hall–Kier alpha value is -1.98. The van der Waals surface area contributed by atoms with Gasteiger partial charge < -0.3 is 14.4 Å². The predicted octanol–water partition coefficient (Wildman–Crippen LogP) is 4.48. The van der Waals surface area contributed by atoms with Crippen LogP contribution in [-0.4, -0.2) is 31.6 Å². The number of halogens is 1. The van der Waals surface area contributed by atoms with Gasteiger partial charge in [0.1, 0.15) is 11.5 Å². The number of hydrogen-bond donors (Lipinski definition) is 0. The van der Waals surface area contributed by atoms with Crippen molar-refractivity contribution in [2.24, 2.45) is 0 Å². The van der Waals surface area contributed by atoms with Crippen molar-refractivity contribution in [3.05, 3.63) is 51.2 Å². The Morgan fingerprint density at radius 2 is 2.04 bits per heavy atom. The van der Waals surface area contributed by atoms with Crippen LogP contribution in [0.5, 0.6) is 11.5 Å². The molecule has 0 fully saturated rings. The molecule has 2 rings (SSSR count). The molecular formula is C18H20ClNO3S. The second kappa shape index (κ2) is 8.76. The lowest BCUT2D eigenvalue weighted by molar-refractivity contribution is -0.126. The fourth-order valence-corrected chi connectivity index (χ4v) is 3.30. The predicted molar refractivity (Wildman–Crippen MR) is 99.0 cm³/mol. The van der Waals surface area contributed by atoms with E-state index in [1.54, 1.807) is 37.3 Å². The Kier molecular flexibility index (Phi) is 6.70. The van der Waals surface area contributed by atoms with Crippen LogP contribution in [0.15, 0.2) is 36.4 Å². The minimum absolute atomic E-state index is 0.0557. The van der Waals surface area contributed by atoms with Crippen molar-refractivity contribution in [3.63, 3.8) is 0 Å². The number of hydrogen-bond acceptors (Lipinski definition) is 4. The van der Waals surface area contributed by atoms with E-state index in [0.29, 0.717) is 24.6 Å². The average Bonchev–Trinajstić information content (AvgIpc) is 3.02. The van der Waals surface area contributed by atoms with Gasteiger partial charge in [0.25, 0.3) is 0 Å². The van der Waals surface area contributed by atoms with Gasteiger partial charge in [0.15, 0.2) is 0 Å². The summed E-state index contributed by atoms with van der Waals surface area (Å²) in [6.07, 6.45) is 3.31. The fraction of sp³-hybridized carbons (Fsp3) is 0.278. The van der Waals surface area contributed by atoms with Crippen molar-refractivity contribution in [2.75, 3.05) is 20.8 Å². The number of ether oxygens (including phenoxy) is 2. The molecule has 1 heterocycles. The molecule has 128 valence electrons. The van der Waals surface area contributed by atoms with Gasteiger partial charge in [-0.3, -0.25) is 4.79 Å². The molecule has 0 saturated carbocycles. The molecule has 0 aliphatic rings. The molecule has 24 heavy (non-hydrogen) atoms. The molecule has 0 N–H and O–H groups in total. The van der Waals surface area contributed by atoms with Crippen molar-refractivity contribution >= 4 is 34.9 Å². The lowest BCUT2D eigenvalue weighted by Gasteiger charge is -2.18. The summed E-state index contributed by atoms with van der Waals surface area (Å²) in [7, 11) is 3.19. The summed E-state index contributed by atoms with van der Waals surface area (Å²) in [5.41, 5.74) is 0.821. The SMILES string of the molecule is CCN(Cc1ccc(Cl)s1)C(=O)/C=C/c1ccc(OC)cc1OC. The molecule has 0 saturated heterocycles.